The van der Waals surface area contributed by atoms with Crippen LogP contribution in [-0.4, -0.2) is 44.9 Å². The zero-order valence-corrected chi connectivity index (χ0v) is 16.5. The van der Waals surface area contributed by atoms with Gasteiger partial charge in [-0.2, -0.15) is 5.10 Å². The van der Waals surface area contributed by atoms with Gasteiger partial charge in [0.05, 0.1) is 29.3 Å². The maximum atomic E-state index is 13.3. The van der Waals surface area contributed by atoms with E-state index < -0.39 is 0 Å². The summed E-state index contributed by atoms with van der Waals surface area (Å²) >= 11 is 0. The topological polar surface area (TPSA) is 79.2 Å². The summed E-state index contributed by atoms with van der Waals surface area (Å²) in [5.41, 5.74) is 4.47. The van der Waals surface area contributed by atoms with Crippen molar-refractivity contribution < 1.29 is 4.79 Å². The molecular weight excluding hydrogens is 366 g/mol. The predicted octanol–water partition coefficient (Wildman–Crippen LogP) is 3.21. The fraction of sp³-hybridized carbons (Fsp3) is 0.333. The van der Waals surface area contributed by atoms with E-state index in [1.807, 2.05) is 37.1 Å². The monoisotopic (exact) mass is 389 g/mol. The van der Waals surface area contributed by atoms with E-state index in [0.29, 0.717) is 11.5 Å². The molecule has 3 aromatic heterocycles. The quantitative estimate of drug-likeness (QED) is 0.728. The number of amides is 2. The molecule has 1 unspecified atom stereocenters. The highest BCUT2D eigenvalue weighted by molar-refractivity contribution is 6.04. The summed E-state index contributed by atoms with van der Waals surface area (Å²) in [7, 11) is 1.83. The summed E-state index contributed by atoms with van der Waals surface area (Å²) < 4.78 is 1.67. The van der Waals surface area contributed by atoms with Crippen LogP contribution in [0.5, 0.6) is 0 Å². The molecule has 5 heterocycles. The lowest BCUT2D eigenvalue weighted by Crippen LogP contribution is -2.56. The van der Waals surface area contributed by atoms with E-state index in [1.54, 1.807) is 23.3 Å². The van der Waals surface area contributed by atoms with Gasteiger partial charge in [0.25, 0.3) is 0 Å². The first-order valence-electron chi connectivity index (χ1n) is 9.86. The molecule has 8 nitrogen and oxygen atoms in total. The summed E-state index contributed by atoms with van der Waals surface area (Å²) in [6.07, 6.45) is 7.26. The molecule has 0 aromatic carbocycles. The molecule has 5 rings (SSSR count). The number of carbonyl (C=O) groups is 1. The third kappa shape index (κ3) is 3.20. The minimum atomic E-state index is -0.165. The maximum absolute atomic E-state index is 13.3. The summed E-state index contributed by atoms with van der Waals surface area (Å²) in [4.78, 5) is 26.6. The Morgan fingerprint density at radius 3 is 2.97 bits per heavy atom. The highest BCUT2D eigenvalue weighted by Crippen LogP contribution is 2.39. The first kappa shape index (κ1) is 17.7. The molecular formula is C21H23N7O. The fourth-order valence-corrected chi connectivity index (χ4v) is 4.22. The Kier molecular flexibility index (Phi) is 4.19. The molecule has 1 saturated heterocycles. The molecule has 148 valence electrons. The number of nitrogens with zero attached hydrogens (tertiary/aromatic N) is 6. The van der Waals surface area contributed by atoms with E-state index in [1.165, 1.54) is 0 Å². The second kappa shape index (κ2) is 6.88. The zero-order valence-electron chi connectivity index (χ0n) is 16.5. The van der Waals surface area contributed by atoms with Gasteiger partial charge in [-0.3, -0.25) is 14.6 Å². The molecule has 1 N–H and O–H groups in total. The second-order valence-corrected chi connectivity index (χ2v) is 7.67. The van der Waals surface area contributed by atoms with Crippen LogP contribution in [0.25, 0.3) is 11.3 Å². The van der Waals surface area contributed by atoms with Crippen LogP contribution in [0.15, 0.2) is 42.9 Å². The number of fused-ring (bicyclic) bond motifs is 4. The van der Waals surface area contributed by atoms with Crippen molar-refractivity contribution in [2.24, 2.45) is 7.05 Å². The average Bonchev–Trinajstić information content (AvgIpc) is 3.12. The van der Waals surface area contributed by atoms with Gasteiger partial charge in [-0.05, 0) is 44.0 Å². The standard InChI is InChI=1S/C21H23N7O/c1-14-10-15(7-8-22-14)18-5-6-19-20(25-18)28(17-4-3-9-27(19)13-17)21(29)24-16-11-23-26(2)12-16/h5-8,10-12,17H,3-4,9,13H2,1-2H3,(H,24,29). The minimum absolute atomic E-state index is 0.106. The Morgan fingerprint density at radius 2 is 2.17 bits per heavy atom. The van der Waals surface area contributed by atoms with Gasteiger partial charge >= 0.3 is 6.03 Å². The molecule has 1 fully saturated rings. The second-order valence-electron chi connectivity index (χ2n) is 7.67. The Hall–Kier alpha value is -3.42. The summed E-state index contributed by atoms with van der Waals surface area (Å²) in [5.74, 6) is 0.717. The van der Waals surface area contributed by atoms with Gasteiger partial charge < -0.3 is 10.2 Å². The largest absolute Gasteiger partial charge is 0.366 e. The van der Waals surface area contributed by atoms with Crippen LogP contribution in [-0.2, 0) is 7.05 Å². The van der Waals surface area contributed by atoms with Crippen molar-refractivity contribution in [1.29, 1.82) is 0 Å². The molecule has 0 radical (unpaired) electrons. The number of piperidine rings is 1. The van der Waals surface area contributed by atoms with E-state index in [2.05, 4.69) is 26.4 Å². The lowest BCUT2D eigenvalue weighted by atomic mass is 9.99. The number of carbonyl (C=O) groups excluding carboxylic acids is 1. The van der Waals surface area contributed by atoms with Gasteiger partial charge in [-0.15, -0.1) is 0 Å². The normalized spacial score (nSPS) is 17.8. The molecule has 8 heteroatoms. The molecule has 0 spiro atoms. The van der Waals surface area contributed by atoms with Crippen molar-refractivity contribution in [2.45, 2.75) is 25.8 Å². The number of aromatic nitrogens is 4. The third-order valence-corrected chi connectivity index (χ3v) is 5.55. The highest BCUT2D eigenvalue weighted by atomic mass is 16.2. The fourth-order valence-electron chi connectivity index (χ4n) is 4.22. The number of anilines is 3. The Balaban J connectivity index is 1.56. The lowest BCUT2D eigenvalue weighted by Gasteiger charge is -2.45. The van der Waals surface area contributed by atoms with Crippen LogP contribution in [0, 0.1) is 6.92 Å². The van der Waals surface area contributed by atoms with Gasteiger partial charge in [0.15, 0.2) is 5.82 Å². The molecule has 2 bridgehead atoms. The van der Waals surface area contributed by atoms with E-state index >= 15 is 0 Å². The Morgan fingerprint density at radius 1 is 1.28 bits per heavy atom. The number of urea groups is 1. The first-order chi connectivity index (χ1) is 14.1. The number of rotatable bonds is 2. The third-order valence-electron chi connectivity index (χ3n) is 5.55. The van der Waals surface area contributed by atoms with Crippen molar-refractivity contribution in [2.75, 3.05) is 28.2 Å². The minimum Gasteiger partial charge on any atom is -0.366 e. The maximum Gasteiger partial charge on any atom is 0.327 e. The average molecular weight is 389 g/mol. The molecule has 2 aliphatic heterocycles. The van der Waals surface area contributed by atoms with Crippen LogP contribution < -0.4 is 15.1 Å². The number of nitrogens with one attached hydrogen (secondary N) is 1. The SMILES string of the molecule is Cc1cc(-c2ccc3c(n2)N(C(=O)Nc2cnn(C)c2)C2CCCN3C2)ccn1. The lowest BCUT2D eigenvalue weighted by molar-refractivity contribution is 0.252. The van der Waals surface area contributed by atoms with Gasteiger partial charge in [-0.25, -0.2) is 9.78 Å². The zero-order chi connectivity index (χ0) is 20.0. The van der Waals surface area contributed by atoms with Crippen molar-refractivity contribution in [3.8, 4) is 11.3 Å². The van der Waals surface area contributed by atoms with E-state index in [4.69, 9.17) is 4.98 Å². The summed E-state index contributed by atoms with van der Waals surface area (Å²) in [6, 6.07) is 8.01. The predicted molar refractivity (Wildman–Crippen MR) is 112 cm³/mol. The van der Waals surface area contributed by atoms with Crippen LogP contribution in [0.1, 0.15) is 18.5 Å². The molecule has 2 aliphatic rings. The first-order valence-corrected chi connectivity index (χ1v) is 9.86. The van der Waals surface area contributed by atoms with Gasteiger partial charge in [0.1, 0.15) is 0 Å². The van der Waals surface area contributed by atoms with Gasteiger partial charge in [0, 0.05) is 43.8 Å². The van der Waals surface area contributed by atoms with E-state index in [0.717, 1.165) is 48.6 Å². The number of hydrogen-bond acceptors (Lipinski definition) is 5. The van der Waals surface area contributed by atoms with Gasteiger partial charge in [-0.1, -0.05) is 0 Å². The Bertz CT molecular complexity index is 1080. The molecule has 0 aliphatic carbocycles. The Labute approximate surface area is 169 Å². The van der Waals surface area contributed by atoms with E-state index in [-0.39, 0.29) is 12.1 Å². The van der Waals surface area contributed by atoms with Crippen molar-refractivity contribution in [1.82, 2.24) is 19.7 Å². The van der Waals surface area contributed by atoms with E-state index in [9.17, 15) is 4.79 Å². The number of hydrogen-bond donors (Lipinski definition) is 1. The van der Waals surface area contributed by atoms with Crippen LogP contribution in [0.3, 0.4) is 0 Å². The van der Waals surface area contributed by atoms with Crippen molar-refractivity contribution >= 4 is 23.2 Å². The van der Waals surface area contributed by atoms with Crippen LogP contribution >= 0.6 is 0 Å². The highest BCUT2D eigenvalue weighted by Gasteiger charge is 2.38. The van der Waals surface area contributed by atoms with Gasteiger partial charge in [0.2, 0.25) is 0 Å². The number of aryl methyl sites for hydroxylation is 2. The molecule has 0 saturated carbocycles. The molecule has 2 amide bonds. The molecule has 29 heavy (non-hydrogen) atoms. The summed E-state index contributed by atoms with van der Waals surface area (Å²) in [6.45, 7) is 3.80. The van der Waals surface area contributed by atoms with Crippen LogP contribution in [0.4, 0.5) is 22.0 Å². The van der Waals surface area contributed by atoms with Crippen LogP contribution in [0.2, 0.25) is 0 Å². The number of pyridine rings is 2. The molecule has 1 atom stereocenters. The smallest absolute Gasteiger partial charge is 0.327 e. The van der Waals surface area contributed by atoms with Crippen molar-refractivity contribution in [3.63, 3.8) is 0 Å². The van der Waals surface area contributed by atoms with Crippen molar-refractivity contribution in [3.05, 3.63) is 48.5 Å². The molecule has 3 aromatic rings. The summed E-state index contributed by atoms with van der Waals surface area (Å²) in [5, 5.41) is 7.12.